The Morgan fingerprint density at radius 3 is 2.62 bits per heavy atom. The molecule has 1 aliphatic rings. The maximum Gasteiger partial charge on any atom is 0.321 e. The van der Waals surface area contributed by atoms with E-state index in [2.05, 4.69) is 20.9 Å². The van der Waals surface area contributed by atoms with Gasteiger partial charge in [-0.25, -0.2) is 14.2 Å². The average Bonchev–Trinajstić information content (AvgIpc) is 3.33. The van der Waals surface area contributed by atoms with Crippen molar-refractivity contribution in [2.24, 2.45) is 4.99 Å². The summed E-state index contributed by atoms with van der Waals surface area (Å²) in [7, 11) is 0. The van der Waals surface area contributed by atoms with Crippen LogP contribution in [-0.4, -0.2) is 49.2 Å². The van der Waals surface area contributed by atoms with E-state index in [-0.39, 0.29) is 18.0 Å². The van der Waals surface area contributed by atoms with Crippen LogP contribution in [0.1, 0.15) is 32.3 Å². The van der Waals surface area contributed by atoms with E-state index >= 15 is 0 Å². The van der Waals surface area contributed by atoms with Gasteiger partial charge >= 0.3 is 6.03 Å². The third-order valence-electron chi connectivity index (χ3n) is 5.04. The molecule has 1 heterocycles. The van der Waals surface area contributed by atoms with Gasteiger partial charge in [0.05, 0.1) is 13.1 Å². The molecule has 172 valence electrons. The summed E-state index contributed by atoms with van der Waals surface area (Å²) in [5.41, 5.74) is 1.77. The third-order valence-corrected chi connectivity index (χ3v) is 5.04. The second kappa shape index (κ2) is 11.9. The Bertz CT molecular complexity index is 898. The number of nitrogens with zero attached hydrogens (tertiary/aromatic N) is 2. The van der Waals surface area contributed by atoms with E-state index in [0.717, 1.165) is 43.7 Å². The smallest absolute Gasteiger partial charge is 0.321 e. The van der Waals surface area contributed by atoms with Gasteiger partial charge < -0.3 is 25.6 Å². The van der Waals surface area contributed by atoms with Crippen molar-refractivity contribution in [3.8, 4) is 5.75 Å². The van der Waals surface area contributed by atoms with Gasteiger partial charge in [-0.15, -0.1) is 0 Å². The number of rotatable bonds is 8. The summed E-state index contributed by atoms with van der Waals surface area (Å²) >= 11 is 0. The molecule has 1 fully saturated rings. The molecule has 0 spiro atoms. The zero-order valence-corrected chi connectivity index (χ0v) is 18.7. The molecule has 0 bridgehead atoms. The van der Waals surface area contributed by atoms with Gasteiger partial charge in [-0.05, 0) is 68.7 Å². The Morgan fingerprint density at radius 1 is 1.16 bits per heavy atom. The van der Waals surface area contributed by atoms with Gasteiger partial charge in [0.1, 0.15) is 17.7 Å². The van der Waals surface area contributed by atoms with Crippen molar-refractivity contribution < 1.29 is 13.9 Å². The summed E-state index contributed by atoms with van der Waals surface area (Å²) < 4.78 is 18.8. The lowest BCUT2D eigenvalue weighted by molar-refractivity contribution is 0.222. The molecule has 2 amide bonds. The number of carbonyl (C=O) groups is 1. The molecule has 0 radical (unpaired) electrons. The van der Waals surface area contributed by atoms with Crippen LogP contribution in [-0.2, 0) is 6.54 Å². The summed E-state index contributed by atoms with van der Waals surface area (Å²) in [4.78, 5) is 18.8. The van der Waals surface area contributed by atoms with Crippen LogP contribution in [0.4, 0.5) is 14.9 Å². The number of carbonyl (C=O) groups excluding carboxylic acids is 1. The van der Waals surface area contributed by atoms with Crippen molar-refractivity contribution >= 4 is 17.7 Å². The fourth-order valence-corrected chi connectivity index (χ4v) is 3.41. The number of anilines is 1. The van der Waals surface area contributed by atoms with E-state index in [1.807, 2.05) is 43.0 Å². The molecule has 2 aromatic rings. The van der Waals surface area contributed by atoms with E-state index in [9.17, 15) is 9.18 Å². The number of aliphatic imine (C=N–C) groups is 1. The van der Waals surface area contributed by atoms with E-state index in [4.69, 9.17) is 4.74 Å². The van der Waals surface area contributed by atoms with Gasteiger partial charge in [0.25, 0.3) is 0 Å². The molecule has 1 aliphatic heterocycles. The Balaban J connectivity index is 1.52. The summed E-state index contributed by atoms with van der Waals surface area (Å²) in [5.74, 6) is 1.01. The second-order valence-corrected chi connectivity index (χ2v) is 7.78. The molecule has 3 N–H and O–H groups in total. The number of ether oxygens (including phenoxy) is 1. The van der Waals surface area contributed by atoms with Crippen LogP contribution in [0.15, 0.2) is 53.5 Å². The van der Waals surface area contributed by atoms with Crippen LogP contribution in [0.2, 0.25) is 0 Å². The van der Waals surface area contributed by atoms with Gasteiger partial charge in [-0.1, -0.05) is 12.1 Å². The Morgan fingerprint density at radius 2 is 1.91 bits per heavy atom. The van der Waals surface area contributed by atoms with Crippen LogP contribution >= 0.6 is 0 Å². The van der Waals surface area contributed by atoms with Crippen molar-refractivity contribution in [1.82, 2.24) is 15.5 Å². The van der Waals surface area contributed by atoms with Crippen molar-refractivity contribution in [3.63, 3.8) is 0 Å². The monoisotopic (exact) mass is 441 g/mol. The van der Waals surface area contributed by atoms with Gasteiger partial charge in [0.2, 0.25) is 0 Å². The number of hydrogen-bond acceptors (Lipinski definition) is 3. The minimum absolute atomic E-state index is 0.0479. The highest BCUT2D eigenvalue weighted by Gasteiger charge is 2.17. The Labute approximate surface area is 189 Å². The molecule has 0 aromatic heterocycles. The van der Waals surface area contributed by atoms with Crippen molar-refractivity contribution in [2.45, 2.75) is 39.3 Å². The predicted octanol–water partition coefficient (Wildman–Crippen LogP) is 3.98. The molecular formula is C24H32FN5O2. The zero-order valence-electron chi connectivity index (χ0n) is 18.7. The normalized spacial score (nSPS) is 14.7. The highest BCUT2D eigenvalue weighted by atomic mass is 19.1. The van der Waals surface area contributed by atoms with E-state index in [1.165, 1.54) is 12.1 Å². The number of hydrogen-bond donors (Lipinski definition) is 3. The topological polar surface area (TPSA) is 78.0 Å². The van der Waals surface area contributed by atoms with E-state index in [0.29, 0.717) is 24.8 Å². The summed E-state index contributed by atoms with van der Waals surface area (Å²) in [6.45, 7) is 7.31. The quantitative estimate of drug-likeness (QED) is 0.428. The number of nitrogens with one attached hydrogen (secondary N) is 3. The molecular weight excluding hydrogens is 409 g/mol. The maximum atomic E-state index is 13.0. The SMILES string of the molecule is CCNC(=NCc1cccc(NC(=O)N2CCCC2)c1)NCC(C)Oc1ccc(F)cc1. The van der Waals surface area contributed by atoms with Crippen molar-refractivity contribution in [3.05, 3.63) is 59.9 Å². The minimum atomic E-state index is -0.288. The number of halogens is 1. The third kappa shape index (κ3) is 7.44. The molecule has 3 rings (SSSR count). The van der Waals surface area contributed by atoms with Crippen LogP contribution in [0.25, 0.3) is 0 Å². The Hall–Kier alpha value is -3.29. The lowest BCUT2D eigenvalue weighted by atomic mass is 10.2. The molecule has 0 aliphatic carbocycles. The largest absolute Gasteiger partial charge is 0.489 e. The fourth-order valence-electron chi connectivity index (χ4n) is 3.41. The number of amides is 2. The number of urea groups is 1. The molecule has 7 nitrogen and oxygen atoms in total. The Kier molecular flexibility index (Phi) is 8.71. The first-order valence-electron chi connectivity index (χ1n) is 11.1. The van der Waals surface area contributed by atoms with Gasteiger partial charge in [0.15, 0.2) is 5.96 Å². The molecule has 1 atom stereocenters. The summed E-state index contributed by atoms with van der Waals surface area (Å²) in [6, 6.07) is 13.7. The minimum Gasteiger partial charge on any atom is -0.489 e. The molecule has 1 unspecified atom stereocenters. The molecule has 32 heavy (non-hydrogen) atoms. The van der Waals surface area contributed by atoms with E-state index in [1.54, 1.807) is 12.1 Å². The number of likely N-dealkylation sites (tertiary alicyclic amines) is 1. The number of guanidine groups is 1. The predicted molar refractivity (Wildman–Crippen MR) is 126 cm³/mol. The fraction of sp³-hybridized carbons (Fsp3) is 0.417. The summed E-state index contributed by atoms with van der Waals surface area (Å²) in [6.07, 6.45) is 2.00. The van der Waals surface area contributed by atoms with Gasteiger partial charge in [-0.2, -0.15) is 0 Å². The number of benzene rings is 2. The first-order valence-corrected chi connectivity index (χ1v) is 11.1. The van der Waals surface area contributed by atoms with Crippen LogP contribution in [0.5, 0.6) is 5.75 Å². The van der Waals surface area contributed by atoms with Crippen LogP contribution < -0.4 is 20.7 Å². The highest BCUT2D eigenvalue weighted by molar-refractivity contribution is 5.89. The lowest BCUT2D eigenvalue weighted by Crippen LogP contribution is -2.41. The van der Waals surface area contributed by atoms with Gasteiger partial charge in [0, 0.05) is 25.3 Å². The van der Waals surface area contributed by atoms with Crippen LogP contribution in [0, 0.1) is 5.82 Å². The second-order valence-electron chi connectivity index (χ2n) is 7.78. The van der Waals surface area contributed by atoms with Crippen molar-refractivity contribution in [2.75, 3.05) is 31.5 Å². The zero-order chi connectivity index (χ0) is 22.8. The van der Waals surface area contributed by atoms with Gasteiger partial charge in [-0.3, -0.25) is 0 Å². The first-order chi connectivity index (χ1) is 15.5. The molecule has 0 saturated carbocycles. The van der Waals surface area contributed by atoms with Crippen molar-refractivity contribution in [1.29, 1.82) is 0 Å². The maximum absolute atomic E-state index is 13.0. The average molecular weight is 442 g/mol. The first kappa shape index (κ1) is 23.4. The molecule has 8 heteroatoms. The lowest BCUT2D eigenvalue weighted by Gasteiger charge is -2.18. The standard InChI is InChI=1S/C24H32FN5O2/c1-3-26-23(27-16-18(2)32-22-11-9-20(25)10-12-22)28-17-19-7-6-8-21(15-19)29-24(31)30-13-4-5-14-30/h6-12,15,18H,3-5,13-14,16-17H2,1-2H3,(H,29,31)(H2,26,27,28). The molecule has 1 saturated heterocycles. The van der Waals surface area contributed by atoms with E-state index < -0.39 is 0 Å². The van der Waals surface area contributed by atoms with Crippen LogP contribution in [0.3, 0.4) is 0 Å². The molecule has 2 aromatic carbocycles. The summed E-state index contributed by atoms with van der Waals surface area (Å²) in [5, 5.41) is 9.46. The highest BCUT2D eigenvalue weighted by Crippen LogP contribution is 2.15.